The molecule has 16 heavy (non-hydrogen) atoms. The van der Waals surface area contributed by atoms with Crippen LogP contribution in [0.1, 0.15) is 27.2 Å². The standard InChI is InChI=1S/C10H21NO4S/c1-7-6-13-10(2,3)14-9(7)8(4-5-12)15-16-11/h7-9,12H,4-6,11H2,1-3H3. The fraction of sp³-hybridized carbons (Fsp3) is 1.00. The molecule has 0 aliphatic carbocycles. The van der Waals surface area contributed by atoms with Gasteiger partial charge in [-0.05, 0) is 13.8 Å². The number of rotatable bonds is 5. The van der Waals surface area contributed by atoms with Crippen molar-refractivity contribution in [3.05, 3.63) is 0 Å². The summed E-state index contributed by atoms with van der Waals surface area (Å²) >= 11 is 0.814. The maximum Gasteiger partial charge on any atom is 0.163 e. The minimum absolute atomic E-state index is 0.0547. The van der Waals surface area contributed by atoms with Gasteiger partial charge in [0.2, 0.25) is 0 Å². The third-order valence-electron chi connectivity index (χ3n) is 2.63. The fourth-order valence-electron chi connectivity index (χ4n) is 1.81. The largest absolute Gasteiger partial charge is 0.396 e. The average molecular weight is 251 g/mol. The van der Waals surface area contributed by atoms with Crippen LogP contribution in [0.15, 0.2) is 0 Å². The van der Waals surface area contributed by atoms with E-state index in [1.807, 2.05) is 20.8 Å². The van der Waals surface area contributed by atoms with Crippen LogP contribution in [0.3, 0.4) is 0 Å². The van der Waals surface area contributed by atoms with Gasteiger partial charge in [0, 0.05) is 18.9 Å². The molecule has 96 valence electrons. The van der Waals surface area contributed by atoms with Gasteiger partial charge in [-0.1, -0.05) is 6.92 Å². The highest BCUT2D eigenvalue weighted by molar-refractivity contribution is 7.92. The number of aliphatic hydroxyl groups is 1. The average Bonchev–Trinajstić information content (AvgIpc) is 2.22. The van der Waals surface area contributed by atoms with E-state index in [4.69, 9.17) is 23.9 Å². The third kappa shape index (κ3) is 3.87. The normalized spacial score (nSPS) is 31.3. The van der Waals surface area contributed by atoms with E-state index in [1.165, 1.54) is 0 Å². The number of hydrogen-bond donors (Lipinski definition) is 2. The van der Waals surface area contributed by atoms with Crippen molar-refractivity contribution in [3.63, 3.8) is 0 Å². The first-order valence-electron chi connectivity index (χ1n) is 5.45. The van der Waals surface area contributed by atoms with Gasteiger partial charge in [-0.3, -0.25) is 9.32 Å². The van der Waals surface area contributed by atoms with Crippen molar-refractivity contribution in [1.82, 2.24) is 0 Å². The van der Waals surface area contributed by atoms with Crippen LogP contribution >= 0.6 is 12.2 Å². The van der Waals surface area contributed by atoms with E-state index < -0.39 is 5.79 Å². The Morgan fingerprint density at radius 1 is 1.62 bits per heavy atom. The number of hydrogen-bond acceptors (Lipinski definition) is 6. The lowest BCUT2D eigenvalue weighted by Gasteiger charge is -2.42. The van der Waals surface area contributed by atoms with Gasteiger partial charge in [0.15, 0.2) is 5.79 Å². The minimum Gasteiger partial charge on any atom is -0.396 e. The number of nitrogens with two attached hydrogens (primary N) is 1. The second kappa shape index (κ2) is 6.18. The van der Waals surface area contributed by atoms with Crippen LogP contribution in [0.5, 0.6) is 0 Å². The van der Waals surface area contributed by atoms with Crippen LogP contribution in [-0.2, 0) is 13.7 Å². The highest BCUT2D eigenvalue weighted by atomic mass is 32.2. The molecule has 1 aliphatic rings. The third-order valence-corrected chi connectivity index (χ3v) is 2.99. The molecule has 3 unspecified atom stereocenters. The van der Waals surface area contributed by atoms with E-state index >= 15 is 0 Å². The highest BCUT2D eigenvalue weighted by Gasteiger charge is 2.39. The van der Waals surface area contributed by atoms with E-state index in [2.05, 4.69) is 0 Å². The Morgan fingerprint density at radius 3 is 2.88 bits per heavy atom. The van der Waals surface area contributed by atoms with Crippen LogP contribution in [0.2, 0.25) is 0 Å². The van der Waals surface area contributed by atoms with Gasteiger partial charge in [0.05, 0.1) is 24.9 Å². The Morgan fingerprint density at radius 2 is 2.31 bits per heavy atom. The molecule has 0 radical (unpaired) electrons. The van der Waals surface area contributed by atoms with Crippen molar-refractivity contribution in [2.75, 3.05) is 13.2 Å². The Labute approximate surface area is 101 Å². The van der Waals surface area contributed by atoms with Crippen molar-refractivity contribution in [2.45, 2.75) is 45.2 Å². The predicted octanol–water partition coefficient (Wildman–Crippen LogP) is 1.06. The van der Waals surface area contributed by atoms with Crippen molar-refractivity contribution in [1.29, 1.82) is 0 Å². The molecule has 1 aliphatic heterocycles. The first-order chi connectivity index (χ1) is 7.50. The number of ether oxygens (including phenoxy) is 2. The van der Waals surface area contributed by atoms with Gasteiger partial charge in [-0.15, -0.1) is 0 Å². The molecule has 1 saturated heterocycles. The maximum atomic E-state index is 8.99. The zero-order chi connectivity index (χ0) is 12.2. The smallest absolute Gasteiger partial charge is 0.163 e. The van der Waals surface area contributed by atoms with Crippen molar-refractivity contribution in [2.24, 2.45) is 11.1 Å². The molecule has 0 aromatic rings. The second-order valence-electron chi connectivity index (χ2n) is 4.51. The summed E-state index contributed by atoms with van der Waals surface area (Å²) in [5.41, 5.74) is 0. The predicted molar refractivity (Wildman–Crippen MR) is 62.4 cm³/mol. The van der Waals surface area contributed by atoms with E-state index in [0.717, 1.165) is 12.2 Å². The lowest BCUT2D eigenvalue weighted by Crippen LogP contribution is -2.50. The van der Waals surface area contributed by atoms with Crippen LogP contribution < -0.4 is 5.14 Å². The van der Waals surface area contributed by atoms with Gasteiger partial charge in [0.25, 0.3) is 0 Å². The molecule has 1 fully saturated rings. The Hall–Kier alpha value is 0.150. The zero-order valence-corrected chi connectivity index (χ0v) is 10.8. The molecular weight excluding hydrogens is 230 g/mol. The molecule has 5 nitrogen and oxygen atoms in total. The van der Waals surface area contributed by atoms with Crippen LogP contribution in [0.25, 0.3) is 0 Å². The molecule has 6 heteroatoms. The van der Waals surface area contributed by atoms with Gasteiger partial charge < -0.3 is 14.6 Å². The van der Waals surface area contributed by atoms with E-state index in [1.54, 1.807) is 0 Å². The zero-order valence-electron chi connectivity index (χ0n) is 10.0. The summed E-state index contributed by atoms with van der Waals surface area (Å²) in [5.74, 6) is -0.384. The summed E-state index contributed by atoms with van der Waals surface area (Å²) in [6.07, 6.45) is 0.195. The van der Waals surface area contributed by atoms with Crippen molar-refractivity contribution >= 4 is 12.2 Å². The summed E-state index contributed by atoms with van der Waals surface area (Å²) < 4.78 is 16.7. The second-order valence-corrected chi connectivity index (χ2v) is 4.90. The first-order valence-corrected chi connectivity index (χ1v) is 6.25. The van der Waals surface area contributed by atoms with E-state index in [-0.39, 0.29) is 24.7 Å². The van der Waals surface area contributed by atoms with Crippen LogP contribution in [-0.4, -0.2) is 36.3 Å². The minimum atomic E-state index is -0.604. The van der Waals surface area contributed by atoms with Gasteiger partial charge in [0.1, 0.15) is 6.10 Å². The Kier molecular flexibility index (Phi) is 5.49. The fourth-order valence-corrected chi connectivity index (χ4v) is 2.16. The molecule has 0 saturated carbocycles. The molecule has 3 atom stereocenters. The van der Waals surface area contributed by atoms with Gasteiger partial charge in [-0.2, -0.15) is 0 Å². The SMILES string of the molecule is CC1COC(C)(C)OC1C(CCO)OSN. The quantitative estimate of drug-likeness (QED) is 0.562. The Balaban J connectivity index is 2.64. The lowest BCUT2D eigenvalue weighted by atomic mass is 9.97. The summed E-state index contributed by atoms with van der Waals surface area (Å²) in [5, 5.41) is 14.3. The van der Waals surface area contributed by atoms with Crippen LogP contribution in [0.4, 0.5) is 0 Å². The molecule has 1 rings (SSSR count). The monoisotopic (exact) mass is 251 g/mol. The molecule has 1 heterocycles. The summed E-state index contributed by atoms with van der Waals surface area (Å²) in [4.78, 5) is 0. The molecule has 3 N–H and O–H groups in total. The van der Waals surface area contributed by atoms with Gasteiger partial charge >= 0.3 is 0 Å². The molecule has 0 aromatic heterocycles. The molecule has 0 spiro atoms. The summed E-state index contributed by atoms with van der Waals surface area (Å²) in [6.45, 7) is 6.46. The van der Waals surface area contributed by atoms with Crippen molar-refractivity contribution < 1.29 is 18.8 Å². The molecule has 0 aromatic carbocycles. The number of aliphatic hydroxyl groups excluding tert-OH is 1. The van der Waals surface area contributed by atoms with E-state index in [0.29, 0.717) is 13.0 Å². The molecular formula is C10H21NO4S. The van der Waals surface area contributed by atoms with E-state index in [9.17, 15) is 0 Å². The maximum absolute atomic E-state index is 8.99. The molecule has 0 amide bonds. The van der Waals surface area contributed by atoms with Gasteiger partial charge in [-0.25, -0.2) is 0 Å². The first kappa shape index (κ1) is 14.2. The van der Waals surface area contributed by atoms with Crippen molar-refractivity contribution in [3.8, 4) is 0 Å². The Bertz CT molecular complexity index is 209. The van der Waals surface area contributed by atoms with Crippen LogP contribution in [0, 0.1) is 5.92 Å². The molecule has 0 bridgehead atoms. The topological polar surface area (TPSA) is 73.9 Å². The summed E-state index contributed by atoms with van der Waals surface area (Å²) in [7, 11) is 0. The highest BCUT2D eigenvalue weighted by Crippen LogP contribution is 2.30. The lowest BCUT2D eigenvalue weighted by molar-refractivity contribution is -0.303. The summed E-state index contributed by atoms with van der Waals surface area (Å²) in [6, 6.07) is 0.